The number of rotatable bonds is 5. The minimum atomic E-state index is -3.89. The summed E-state index contributed by atoms with van der Waals surface area (Å²) in [5.74, 6) is -1.59. The fourth-order valence-electron chi connectivity index (χ4n) is 4.64. The van der Waals surface area contributed by atoms with Crippen molar-refractivity contribution in [3.05, 3.63) is 95.2 Å². The molecule has 0 spiro atoms. The number of fused-ring (bicyclic) bond motifs is 3. The van der Waals surface area contributed by atoms with Crippen molar-refractivity contribution in [2.24, 2.45) is 0 Å². The van der Waals surface area contributed by atoms with Crippen LogP contribution in [-0.4, -0.2) is 39.6 Å². The van der Waals surface area contributed by atoms with Gasteiger partial charge in [-0.15, -0.1) is 0 Å². The van der Waals surface area contributed by atoms with Gasteiger partial charge in [-0.3, -0.25) is 14.4 Å². The molecule has 2 unspecified atom stereocenters. The number of sulfonamides is 1. The third-order valence-electron chi connectivity index (χ3n) is 6.51. The highest BCUT2D eigenvalue weighted by molar-refractivity contribution is 7.92. The molecule has 1 aliphatic rings. The van der Waals surface area contributed by atoms with Gasteiger partial charge in [0.1, 0.15) is 17.7 Å². The van der Waals surface area contributed by atoms with E-state index in [2.05, 4.69) is 10.3 Å². The average Bonchev–Trinajstić information content (AvgIpc) is 3.25. The van der Waals surface area contributed by atoms with Crippen LogP contribution in [0, 0.1) is 11.6 Å². The van der Waals surface area contributed by atoms with Crippen LogP contribution in [0.2, 0.25) is 0 Å². The molecule has 7 nitrogen and oxygen atoms in total. The Morgan fingerprint density at radius 1 is 1.06 bits per heavy atom. The predicted molar refractivity (Wildman–Crippen MR) is 131 cm³/mol. The number of anilines is 1. The lowest BCUT2D eigenvalue weighted by Crippen LogP contribution is -2.45. The zero-order valence-electron chi connectivity index (χ0n) is 19.5. The Labute approximate surface area is 206 Å². The van der Waals surface area contributed by atoms with Crippen LogP contribution < -0.4 is 9.62 Å². The van der Waals surface area contributed by atoms with Gasteiger partial charge in [-0.1, -0.05) is 24.3 Å². The number of carbonyl (C=O) groups is 1. The first-order valence-corrected chi connectivity index (χ1v) is 12.6. The maximum atomic E-state index is 15.6. The number of aromatic amines is 1. The molecule has 5 rings (SSSR count). The Hall–Kier alpha value is -3.76. The van der Waals surface area contributed by atoms with Crippen LogP contribution in [0.3, 0.4) is 0 Å². The molecule has 0 aliphatic carbocycles. The second kappa shape index (κ2) is 9.03. The number of H-pyrrole nitrogens is 1. The first-order valence-electron chi connectivity index (χ1n) is 11.2. The standard InChI is InChI=1S/C26H23F2N3O4S/c1-31(36(33,34)17-6-4-3-5-7-17)16-9-11-19(21(28)13-16)24-25-20(14-23(30-24)26(32)35-2)18-10-8-15(27)12-22(18)29-25/h3-13,23-24,29-30H,14H2,1-2H3. The predicted octanol–water partition coefficient (Wildman–Crippen LogP) is 4.05. The molecule has 186 valence electrons. The van der Waals surface area contributed by atoms with Gasteiger partial charge >= 0.3 is 5.97 Å². The Bertz CT molecular complexity index is 1570. The maximum absolute atomic E-state index is 15.6. The monoisotopic (exact) mass is 511 g/mol. The molecule has 2 atom stereocenters. The molecule has 0 radical (unpaired) electrons. The Kier molecular flexibility index (Phi) is 6.01. The molecule has 0 amide bonds. The molecular formula is C26H23F2N3O4S. The smallest absolute Gasteiger partial charge is 0.323 e. The molecule has 0 saturated heterocycles. The molecule has 36 heavy (non-hydrogen) atoms. The van der Waals surface area contributed by atoms with Gasteiger partial charge < -0.3 is 9.72 Å². The van der Waals surface area contributed by atoms with Gasteiger partial charge in [0.05, 0.1) is 23.7 Å². The Balaban J connectivity index is 1.56. The second-order valence-corrected chi connectivity index (χ2v) is 10.5. The first-order chi connectivity index (χ1) is 17.2. The number of hydrogen-bond donors (Lipinski definition) is 2. The van der Waals surface area contributed by atoms with E-state index in [1.807, 2.05) is 0 Å². The van der Waals surface area contributed by atoms with E-state index in [1.54, 1.807) is 24.3 Å². The quantitative estimate of drug-likeness (QED) is 0.395. The zero-order valence-corrected chi connectivity index (χ0v) is 20.3. The highest BCUT2D eigenvalue weighted by Gasteiger charge is 2.36. The van der Waals surface area contributed by atoms with Gasteiger partial charge in [0, 0.05) is 35.6 Å². The van der Waals surface area contributed by atoms with E-state index < -0.39 is 39.7 Å². The molecule has 0 fully saturated rings. The highest BCUT2D eigenvalue weighted by atomic mass is 32.2. The van der Waals surface area contributed by atoms with E-state index in [-0.39, 0.29) is 22.6 Å². The van der Waals surface area contributed by atoms with Crippen LogP contribution in [0.4, 0.5) is 14.5 Å². The third kappa shape index (κ3) is 4.02. The summed E-state index contributed by atoms with van der Waals surface area (Å²) < 4.78 is 61.3. The molecule has 10 heteroatoms. The van der Waals surface area contributed by atoms with Gasteiger partial charge in [0.2, 0.25) is 0 Å². The number of methoxy groups -OCH3 is 1. The van der Waals surface area contributed by atoms with Crippen LogP contribution in [0.5, 0.6) is 0 Å². The summed E-state index contributed by atoms with van der Waals surface area (Å²) in [5, 5.41) is 3.86. The lowest BCUT2D eigenvalue weighted by Gasteiger charge is -2.31. The van der Waals surface area contributed by atoms with E-state index in [1.165, 1.54) is 50.6 Å². The Morgan fingerprint density at radius 2 is 1.81 bits per heavy atom. The van der Waals surface area contributed by atoms with Crippen molar-refractivity contribution in [2.45, 2.75) is 23.4 Å². The maximum Gasteiger partial charge on any atom is 0.323 e. The summed E-state index contributed by atoms with van der Waals surface area (Å²) in [7, 11) is -1.26. The van der Waals surface area contributed by atoms with Crippen molar-refractivity contribution >= 4 is 32.6 Å². The molecule has 3 aromatic carbocycles. The molecule has 0 bridgehead atoms. The number of esters is 1. The molecule has 4 aromatic rings. The number of carbonyl (C=O) groups excluding carboxylic acids is 1. The van der Waals surface area contributed by atoms with E-state index in [9.17, 15) is 17.6 Å². The number of halogens is 2. The van der Waals surface area contributed by atoms with Crippen LogP contribution >= 0.6 is 0 Å². The first kappa shape index (κ1) is 24.0. The van der Waals surface area contributed by atoms with E-state index in [0.29, 0.717) is 11.2 Å². The van der Waals surface area contributed by atoms with Crippen molar-refractivity contribution in [3.8, 4) is 0 Å². The van der Waals surface area contributed by atoms with Crippen molar-refractivity contribution in [2.75, 3.05) is 18.5 Å². The molecule has 2 N–H and O–H groups in total. The largest absolute Gasteiger partial charge is 0.468 e. The lowest BCUT2D eigenvalue weighted by molar-refractivity contribution is -0.143. The van der Waals surface area contributed by atoms with Gasteiger partial charge in [0.25, 0.3) is 10.0 Å². The number of nitrogens with zero attached hydrogens (tertiary/aromatic N) is 1. The number of hydrogen-bond acceptors (Lipinski definition) is 5. The van der Waals surface area contributed by atoms with Crippen LogP contribution in [-0.2, 0) is 26.0 Å². The molecule has 1 aliphatic heterocycles. The Morgan fingerprint density at radius 3 is 2.50 bits per heavy atom. The van der Waals surface area contributed by atoms with Crippen molar-refractivity contribution in [3.63, 3.8) is 0 Å². The SMILES string of the molecule is COC(=O)C1Cc2c([nH]c3cc(F)ccc23)C(c2ccc(N(C)S(=O)(=O)c3ccccc3)cc2F)N1. The van der Waals surface area contributed by atoms with Crippen molar-refractivity contribution < 1.29 is 26.7 Å². The molecule has 1 aromatic heterocycles. The van der Waals surface area contributed by atoms with Gasteiger partial charge in [-0.25, -0.2) is 17.2 Å². The summed E-state index contributed by atoms with van der Waals surface area (Å²) in [6.07, 6.45) is 0.280. The summed E-state index contributed by atoms with van der Waals surface area (Å²) in [6, 6.07) is 14.8. The van der Waals surface area contributed by atoms with E-state index in [0.717, 1.165) is 21.3 Å². The fraction of sp³-hybridized carbons (Fsp3) is 0.192. The number of aromatic nitrogens is 1. The van der Waals surface area contributed by atoms with Crippen molar-refractivity contribution in [1.29, 1.82) is 0 Å². The second-order valence-electron chi connectivity index (χ2n) is 8.58. The van der Waals surface area contributed by atoms with Crippen LogP contribution in [0.1, 0.15) is 22.9 Å². The summed E-state index contributed by atoms with van der Waals surface area (Å²) in [5.41, 5.74) is 2.23. The number of nitrogens with one attached hydrogen (secondary N) is 2. The van der Waals surface area contributed by atoms with Crippen LogP contribution in [0.25, 0.3) is 10.9 Å². The summed E-state index contributed by atoms with van der Waals surface area (Å²) in [4.78, 5) is 15.7. The van der Waals surface area contributed by atoms with Gasteiger partial charge in [-0.2, -0.15) is 0 Å². The minimum absolute atomic E-state index is 0.0850. The minimum Gasteiger partial charge on any atom is -0.468 e. The lowest BCUT2D eigenvalue weighted by atomic mass is 9.90. The summed E-state index contributed by atoms with van der Waals surface area (Å²) >= 11 is 0. The normalized spacial score (nSPS) is 17.6. The van der Waals surface area contributed by atoms with Crippen molar-refractivity contribution in [1.82, 2.24) is 10.3 Å². The topological polar surface area (TPSA) is 91.5 Å². The van der Waals surface area contributed by atoms with E-state index >= 15 is 4.39 Å². The van der Waals surface area contributed by atoms with E-state index in [4.69, 9.17) is 4.74 Å². The third-order valence-corrected chi connectivity index (χ3v) is 8.31. The number of ether oxygens (including phenoxy) is 1. The molecule has 0 saturated carbocycles. The van der Waals surface area contributed by atoms with Gasteiger partial charge in [-0.05, 0) is 48.0 Å². The highest BCUT2D eigenvalue weighted by Crippen LogP contribution is 2.37. The molecular weight excluding hydrogens is 488 g/mol. The average molecular weight is 512 g/mol. The molecule has 2 heterocycles. The van der Waals surface area contributed by atoms with Crippen LogP contribution in [0.15, 0.2) is 71.6 Å². The van der Waals surface area contributed by atoms with Gasteiger partial charge in [0.15, 0.2) is 0 Å². The zero-order chi connectivity index (χ0) is 25.6. The summed E-state index contributed by atoms with van der Waals surface area (Å²) in [6.45, 7) is 0. The fourth-order valence-corrected chi connectivity index (χ4v) is 5.85. The number of benzene rings is 3.